The molecule has 0 spiro atoms. The summed E-state index contributed by atoms with van der Waals surface area (Å²) in [6.45, 7) is 1.94. The quantitative estimate of drug-likeness (QED) is 0.749. The van der Waals surface area contributed by atoms with E-state index in [1.54, 1.807) is 4.68 Å². The molecule has 1 heterocycles. The van der Waals surface area contributed by atoms with Crippen molar-refractivity contribution in [3.05, 3.63) is 45.2 Å². The van der Waals surface area contributed by atoms with Crippen molar-refractivity contribution < 1.29 is 4.79 Å². The van der Waals surface area contributed by atoms with Crippen LogP contribution >= 0.6 is 23.2 Å². The summed E-state index contributed by atoms with van der Waals surface area (Å²) in [6, 6.07) is 5.65. The predicted octanol–water partition coefficient (Wildman–Crippen LogP) is 4.96. The van der Waals surface area contributed by atoms with Crippen molar-refractivity contribution >= 4 is 29.5 Å². The molecule has 0 aliphatic heterocycles. The van der Waals surface area contributed by atoms with Gasteiger partial charge in [-0.2, -0.15) is 5.10 Å². The minimum Gasteiger partial charge on any atom is -0.298 e. The highest BCUT2D eigenvalue weighted by molar-refractivity contribution is 6.32. The molecule has 110 valence electrons. The maximum Gasteiger partial charge on any atom is 0.155 e. The third kappa shape index (κ3) is 2.60. The van der Waals surface area contributed by atoms with Gasteiger partial charge in [-0.1, -0.05) is 42.1 Å². The average Bonchev–Trinajstić information content (AvgIpc) is 3.09. The van der Waals surface area contributed by atoms with Gasteiger partial charge in [0.1, 0.15) is 5.15 Å². The van der Waals surface area contributed by atoms with Crippen molar-refractivity contribution in [1.82, 2.24) is 9.78 Å². The van der Waals surface area contributed by atoms with E-state index in [-0.39, 0.29) is 0 Å². The highest BCUT2D eigenvalue weighted by atomic mass is 35.5. The number of aryl methyl sites for hydroxylation is 1. The molecule has 3 rings (SSSR count). The molecule has 3 nitrogen and oxygen atoms in total. The van der Waals surface area contributed by atoms with Crippen LogP contribution in [0.2, 0.25) is 10.2 Å². The number of aromatic nitrogens is 2. The second kappa shape index (κ2) is 5.82. The monoisotopic (exact) mass is 322 g/mol. The van der Waals surface area contributed by atoms with Crippen LogP contribution in [0.5, 0.6) is 0 Å². The molecule has 1 aliphatic carbocycles. The van der Waals surface area contributed by atoms with Gasteiger partial charge in [0.2, 0.25) is 0 Å². The van der Waals surface area contributed by atoms with Gasteiger partial charge >= 0.3 is 0 Å². The molecule has 1 fully saturated rings. The smallest absolute Gasteiger partial charge is 0.155 e. The number of nitrogens with zero attached hydrogens (tertiary/aromatic N) is 2. The summed E-state index contributed by atoms with van der Waals surface area (Å²) in [7, 11) is 0. The fraction of sp³-hybridized carbons (Fsp3) is 0.375. The summed E-state index contributed by atoms with van der Waals surface area (Å²) >= 11 is 12.5. The fourth-order valence-electron chi connectivity index (χ4n) is 2.92. The minimum absolute atomic E-state index is 0.338. The number of hydrogen-bond donors (Lipinski definition) is 0. The van der Waals surface area contributed by atoms with Crippen LogP contribution < -0.4 is 0 Å². The molecule has 1 aliphatic rings. The van der Waals surface area contributed by atoms with E-state index >= 15 is 0 Å². The lowest BCUT2D eigenvalue weighted by molar-refractivity contribution is 0.112. The molecule has 1 saturated carbocycles. The third-order valence-corrected chi connectivity index (χ3v) is 4.92. The van der Waals surface area contributed by atoms with E-state index in [4.69, 9.17) is 23.2 Å². The maximum atomic E-state index is 11.4. The molecule has 21 heavy (non-hydrogen) atoms. The van der Waals surface area contributed by atoms with Crippen LogP contribution in [0.15, 0.2) is 18.2 Å². The first-order chi connectivity index (χ1) is 10.1. The highest BCUT2D eigenvalue weighted by Crippen LogP contribution is 2.37. The molecular weight excluding hydrogens is 307 g/mol. The largest absolute Gasteiger partial charge is 0.298 e. The van der Waals surface area contributed by atoms with Crippen LogP contribution in [0.1, 0.15) is 53.2 Å². The van der Waals surface area contributed by atoms with Crippen molar-refractivity contribution in [2.45, 2.75) is 38.5 Å². The molecule has 0 N–H and O–H groups in total. The number of carbonyl (C=O) groups is 1. The molecule has 1 aromatic carbocycles. The molecular formula is C16H16Cl2N2O. The topological polar surface area (TPSA) is 34.9 Å². The molecule has 0 bridgehead atoms. The molecule has 0 saturated heterocycles. The van der Waals surface area contributed by atoms with Crippen LogP contribution in [0.3, 0.4) is 0 Å². The Morgan fingerprint density at radius 3 is 2.62 bits per heavy atom. The van der Waals surface area contributed by atoms with Gasteiger partial charge < -0.3 is 0 Å². The van der Waals surface area contributed by atoms with Gasteiger partial charge in [-0.15, -0.1) is 0 Å². The van der Waals surface area contributed by atoms with Crippen molar-refractivity contribution in [3.8, 4) is 5.69 Å². The standard InChI is InChI=1S/C16H16Cl2N2O/c1-10-6-7-12(8-14(10)17)20-16(18)13(9-21)15(19-20)11-4-2-3-5-11/h6-9,11H,2-5H2,1H3. The van der Waals surface area contributed by atoms with E-state index < -0.39 is 0 Å². The molecule has 1 aromatic heterocycles. The van der Waals surface area contributed by atoms with Crippen LogP contribution in [-0.4, -0.2) is 16.1 Å². The summed E-state index contributed by atoms with van der Waals surface area (Å²) in [6.07, 6.45) is 5.33. The average molecular weight is 323 g/mol. The lowest BCUT2D eigenvalue weighted by Crippen LogP contribution is -2.00. The van der Waals surface area contributed by atoms with Gasteiger partial charge in [0, 0.05) is 10.9 Å². The van der Waals surface area contributed by atoms with E-state index in [1.807, 2.05) is 25.1 Å². The van der Waals surface area contributed by atoms with Crippen molar-refractivity contribution in [1.29, 1.82) is 0 Å². The van der Waals surface area contributed by atoms with Crippen molar-refractivity contribution in [2.75, 3.05) is 0 Å². The Bertz CT molecular complexity index is 688. The fourth-order valence-corrected chi connectivity index (χ4v) is 3.37. The van der Waals surface area contributed by atoms with Gasteiger partial charge in [-0.3, -0.25) is 4.79 Å². The Balaban J connectivity index is 2.10. The highest BCUT2D eigenvalue weighted by Gasteiger charge is 2.26. The zero-order valence-electron chi connectivity index (χ0n) is 11.8. The normalized spacial score (nSPS) is 15.6. The summed E-state index contributed by atoms with van der Waals surface area (Å²) in [5, 5.41) is 5.63. The van der Waals surface area contributed by atoms with E-state index in [9.17, 15) is 4.79 Å². The second-order valence-electron chi connectivity index (χ2n) is 5.53. The number of benzene rings is 1. The first kappa shape index (κ1) is 14.6. The summed E-state index contributed by atoms with van der Waals surface area (Å²) in [4.78, 5) is 11.4. The van der Waals surface area contributed by atoms with Crippen LogP contribution in [0, 0.1) is 6.92 Å². The lowest BCUT2D eigenvalue weighted by atomic mass is 10.0. The van der Waals surface area contributed by atoms with E-state index in [0.717, 1.165) is 36.1 Å². The van der Waals surface area contributed by atoms with Crippen LogP contribution in [-0.2, 0) is 0 Å². The molecule has 0 atom stereocenters. The second-order valence-corrected chi connectivity index (χ2v) is 6.30. The first-order valence-corrected chi connectivity index (χ1v) is 7.87. The Hall–Kier alpha value is -1.32. The summed E-state index contributed by atoms with van der Waals surface area (Å²) in [5.41, 5.74) is 3.11. The number of rotatable bonds is 3. The number of carbonyl (C=O) groups excluding carboxylic acids is 1. The summed E-state index contributed by atoms with van der Waals surface area (Å²) in [5.74, 6) is 0.338. The Morgan fingerprint density at radius 2 is 2.00 bits per heavy atom. The van der Waals surface area contributed by atoms with E-state index in [0.29, 0.717) is 21.7 Å². The van der Waals surface area contributed by atoms with E-state index in [2.05, 4.69) is 5.10 Å². The van der Waals surface area contributed by atoms with E-state index in [1.165, 1.54) is 12.8 Å². The van der Waals surface area contributed by atoms with Crippen molar-refractivity contribution in [2.24, 2.45) is 0 Å². The Kier molecular flexibility index (Phi) is 4.05. The van der Waals surface area contributed by atoms with Gasteiger partial charge in [-0.25, -0.2) is 4.68 Å². The van der Waals surface area contributed by atoms with Gasteiger partial charge in [0.15, 0.2) is 6.29 Å². The molecule has 0 unspecified atom stereocenters. The molecule has 0 radical (unpaired) electrons. The summed E-state index contributed by atoms with van der Waals surface area (Å²) < 4.78 is 1.62. The van der Waals surface area contributed by atoms with Crippen LogP contribution in [0.25, 0.3) is 5.69 Å². The molecule has 0 amide bonds. The Morgan fingerprint density at radius 1 is 1.29 bits per heavy atom. The van der Waals surface area contributed by atoms with Crippen molar-refractivity contribution in [3.63, 3.8) is 0 Å². The van der Waals surface area contributed by atoms with Gasteiger partial charge in [-0.05, 0) is 37.5 Å². The predicted molar refractivity (Wildman–Crippen MR) is 84.9 cm³/mol. The SMILES string of the molecule is Cc1ccc(-n2nc(C3CCCC3)c(C=O)c2Cl)cc1Cl. The van der Waals surface area contributed by atoms with Crippen LogP contribution in [0.4, 0.5) is 0 Å². The number of hydrogen-bond acceptors (Lipinski definition) is 2. The first-order valence-electron chi connectivity index (χ1n) is 7.12. The zero-order valence-corrected chi connectivity index (χ0v) is 13.3. The van der Waals surface area contributed by atoms with Gasteiger partial charge in [0.25, 0.3) is 0 Å². The zero-order chi connectivity index (χ0) is 15.0. The minimum atomic E-state index is 0.338. The third-order valence-electron chi connectivity index (χ3n) is 4.15. The molecule has 5 heteroatoms. The van der Waals surface area contributed by atoms with Gasteiger partial charge in [0.05, 0.1) is 16.9 Å². The molecule has 2 aromatic rings. The number of halogens is 2. The number of aldehydes is 1. The maximum absolute atomic E-state index is 11.4. The Labute approximate surface area is 133 Å². The lowest BCUT2D eigenvalue weighted by Gasteiger charge is -2.06.